The van der Waals surface area contributed by atoms with Crippen molar-refractivity contribution in [3.8, 4) is 22.6 Å². The number of aryl methyl sites for hydroxylation is 1. The van der Waals surface area contributed by atoms with Crippen LogP contribution in [0.15, 0.2) is 103 Å². The highest BCUT2D eigenvalue weighted by atomic mass is 16.5. The maximum atomic E-state index is 6.87. The smallest absolute Gasteiger partial charge is 0.252 e. The van der Waals surface area contributed by atoms with Gasteiger partial charge in [0.15, 0.2) is 11.5 Å². The quantitative estimate of drug-likeness (QED) is 0.167. The SMILES string of the molecule is Cc1cc2c3c(c1)N(c1ccc(C(C)(C)C)cc1-c1ccccc1)c1c(ccc4c1OCCCO4)B3c1cc3c(cc1N2c1ccc2c(c1)CC(C)(C)C2)CC(C)(C)C3. The van der Waals surface area contributed by atoms with Crippen molar-refractivity contribution in [2.75, 3.05) is 23.0 Å². The molecule has 2 aliphatic carbocycles. The second kappa shape index (κ2) is 12.8. The van der Waals surface area contributed by atoms with Gasteiger partial charge in [-0.25, -0.2) is 0 Å². The van der Waals surface area contributed by atoms with E-state index in [9.17, 15) is 0 Å². The first-order chi connectivity index (χ1) is 28.2. The van der Waals surface area contributed by atoms with E-state index in [-0.39, 0.29) is 23.0 Å². The molecule has 0 bridgehead atoms. The number of benzene rings is 6. The van der Waals surface area contributed by atoms with Gasteiger partial charge in [0.1, 0.15) is 0 Å². The van der Waals surface area contributed by atoms with Crippen LogP contribution < -0.4 is 35.7 Å². The third-order valence-electron chi connectivity index (χ3n) is 13.7. The Morgan fingerprint density at radius 3 is 2.02 bits per heavy atom. The minimum Gasteiger partial charge on any atom is -0.489 e. The molecular formula is C54H55BN2O2. The molecule has 3 aliphatic heterocycles. The molecule has 59 heavy (non-hydrogen) atoms. The van der Waals surface area contributed by atoms with Crippen LogP contribution in [0.1, 0.15) is 88.3 Å². The van der Waals surface area contributed by atoms with Crippen molar-refractivity contribution in [2.24, 2.45) is 10.8 Å². The molecule has 0 atom stereocenters. The number of nitrogens with zero attached hydrogens (tertiary/aromatic N) is 2. The molecule has 0 aromatic heterocycles. The van der Waals surface area contributed by atoms with E-state index in [1.54, 1.807) is 0 Å². The third-order valence-corrected chi connectivity index (χ3v) is 13.7. The van der Waals surface area contributed by atoms with Crippen molar-refractivity contribution in [3.05, 3.63) is 137 Å². The molecular weight excluding hydrogens is 719 g/mol. The summed E-state index contributed by atoms with van der Waals surface area (Å²) in [7, 11) is 0. The first-order valence-electron chi connectivity index (χ1n) is 21.9. The summed E-state index contributed by atoms with van der Waals surface area (Å²) in [4.78, 5) is 5.17. The number of anilines is 6. The van der Waals surface area contributed by atoms with Gasteiger partial charge in [-0.05, 0) is 153 Å². The minimum absolute atomic E-state index is 0.00616. The molecule has 0 saturated heterocycles. The zero-order chi connectivity index (χ0) is 40.6. The molecule has 4 nitrogen and oxygen atoms in total. The van der Waals surface area contributed by atoms with Crippen molar-refractivity contribution in [1.29, 1.82) is 0 Å². The Bertz CT molecular complexity index is 2720. The zero-order valence-corrected chi connectivity index (χ0v) is 36.1. The van der Waals surface area contributed by atoms with E-state index in [4.69, 9.17) is 9.47 Å². The van der Waals surface area contributed by atoms with Crippen LogP contribution in [-0.4, -0.2) is 19.9 Å². The molecule has 0 spiro atoms. The van der Waals surface area contributed by atoms with Crippen LogP contribution in [0.4, 0.5) is 34.1 Å². The first kappa shape index (κ1) is 36.6. The van der Waals surface area contributed by atoms with Gasteiger partial charge in [-0.1, -0.05) is 103 Å². The van der Waals surface area contributed by atoms with Crippen LogP contribution in [0.25, 0.3) is 11.1 Å². The lowest BCUT2D eigenvalue weighted by molar-refractivity contribution is 0.297. The standard InChI is InChI=1S/C54H55BN2O2/c1-33-23-46-49-47(24-33)57(44-19-16-39(52(2,3)4)28-41(44)34-13-10-9-11-14-34)50-42(18-20-48-51(50)59-22-12-21-58-48)55(49)43-26-37-31-54(7,8)32-38(37)27-45(43)56(46)40-17-15-35-29-53(5,6)30-36(35)25-40/h9-11,13-20,23-28H,12,21-22,29-32H2,1-8H3. The van der Waals surface area contributed by atoms with Gasteiger partial charge >= 0.3 is 0 Å². The van der Waals surface area contributed by atoms with Crippen LogP contribution in [0.5, 0.6) is 11.5 Å². The van der Waals surface area contributed by atoms with Gasteiger partial charge in [0, 0.05) is 34.7 Å². The topological polar surface area (TPSA) is 24.9 Å². The Kier molecular flexibility index (Phi) is 7.95. The average molecular weight is 775 g/mol. The highest BCUT2D eigenvalue weighted by molar-refractivity contribution is 7.00. The van der Waals surface area contributed by atoms with Crippen molar-refractivity contribution in [2.45, 2.75) is 92.9 Å². The van der Waals surface area contributed by atoms with Crippen molar-refractivity contribution >= 4 is 57.2 Å². The van der Waals surface area contributed by atoms with E-state index in [1.807, 2.05) is 0 Å². The highest BCUT2D eigenvalue weighted by Crippen LogP contribution is 2.53. The number of ether oxygens (including phenoxy) is 2. The Labute approximate surface area is 351 Å². The van der Waals surface area contributed by atoms with Crippen LogP contribution in [-0.2, 0) is 31.1 Å². The molecule has 6 aromatic carbocycles. The van der Waals surface area contributed by atoms with E-state index in [1.165, 1.54) is 83.6 Å². The van der Waals surface area contributed by atoms with Crippen molar-refractivity contribution in [1.82, 2.24) is 0 Å². The van der Waals surface area contributed by atoms with Crippen LogP contribution in [0.3, 0.4) is 0 Å². The van der Waals surface area contributed by atoms with Gasteiger partial charge in [0.2, 0.25) is 0 Å². The van der Waals surface area contributed by atoms with Gasteiger partial charge in [-0.3, -0.25) is 0 Å². The highest BCUT2D eigenvalue weighted by Gasteiger charge is 2.47. The van der Waals surface area contributed by atoms with Crippen LogP contribution >= 0.6 is 0 Å². The predicted octanol–water partition coefficient (Wildman–Crippen LogP) is 11.5. The summed E-state index contributed by atoms with van der Waals surface area (Å²) in [6, 6.07) is 40.0. The minimum atomic E-state index is -0.0202. The number of hydrogen-bond donors (Lipinski definition) is 0. The maximum Gasteiger partial charge on any atom is 0.252 e. The predicted molar refractivity (Wildman–Crippen MR) is 247 cm³/mol. The Morgan fingerprint density at radius 1 is 0.593 bits per heavy atom. The first-order valence-corrected chi connectivity index (χ1v) is 21.9. The molecule has 3 heterocycles. The molecule has 0 saturated carbocycles. The second-order valence-corrected chi connectivity index (χ2v) is 20.7. The van der Waals surface area contributed by atoms with Crippen LogP contribution in [0.2, 0.25) is 0 Å². The lowest BCUT2D eigenvalue weighted by Crippen LogP contribution is -2.61. The second-order valence-electron chi connectivity index (χ2n) is 20.7. The summed E-state index contributed by atoms with van der Waals surface area (Å²) in [5, 5.41) is 0. The molecule has 0 N–H and O–H groups in total. The molecule has 0 fully saturated rings. The number of hydrogen-bond acceptors (Lipinski definition) is 4. The summed E-state index contributed by atoms with van der Waals surface area (Å²) in [5.74, 6) is 1.67. The number of rotatable bonds is 3. The van der Waals surface area contributed by atoms with Crippen molar-refractivity contribution < 1.29 is 9.47 Å². The fraction of sp³-hybridized carbons (Fsp3) is 0.333. The Balaban J connectivity index is 1.24. The zero-order valence-electron chi connectivity index (χ0n) is 36.1. The van der Waals surface area contributed by atoms with E-state index < -0.39 is 0 Å². The lowest BCUT2D eigenvalue weighted by atomic mass is 9.33. The fourth-order valence-corrected chi connectivity index (χ4v) is 11.2. The van der Waals surface area contributed by atoms with Gasteiger partial charge in [0.05, 0.1) is 24.6 Å². The van der Waals surface area contributed by atoms with Crippen molar-refractivity contribution in [3.63, 3.8) is 0 Å². The molecule has 5 heteroatoms. The molecule has 296 valence electrons. The van der Waals surface area contributed by atoms with Gasteiger partial charge < -0.3 is 19.3 Å². The summed E-state index contributed by atoms with van der Waals surface area (Å²) in [6.07, 6.45) is 5.26. The summed E-state index contributed by atoms with van der Waals surface area (Å²) < 4.78 is 13.4. The van der Waals surface area contributed by atoms with Gasteiger partial charge in [-0.15, -0.1) is 0 Å². The van der Waals surface area contributed by atoms with Gasteiger partial charge in [-0.2, -0.15) is 0 Å². The Morgan fingerprint density at radius 2 is 1.27 bits per heavy atom. The normalized spacial score (nSPS) is 17.8. The molecule has 5 aliphatic rings. The van der Waals surface area contributed by atoms with E-state index >= 15 is 0 Å². The molecule has 0 unspecified atom stereocenters. The largest absolute Gasteiger partial charge is 0.489 e. The Hall–Kier alpha value is -5.42. The summed E-state index contributed by atoms with van der Waals surface area (Å²) in [5.41, 5.74) is 22.6. The fourth-order valence-electron chi connectivity index (χ4n) is 11.2. The summed E-state index contributed by atoms with van der Waals surface area (Å²) in [6.45, 7) is 20.1. The maximum absolute atomic E-state index is 6.87. The van der Waals surface area contributed by atoms with E-state index in [0.29, 0.717) is 13.2 Å². The molecule has 0 amide bonds. The molecule has 11 rings (SSSR count). The average Bonchev–Trinajstić information content (AvgIpc) is 3.54. The monoisotopic (exact) mass is 774 g/mol. The van der Waals surface area contributed by atoms with Gasteiger partial charge in [0.25, 0.3) is 6.71 Å². The van der Waals surface area contributed by atoms with E-state index in [0.717, 1.165) is 55.0 Å². The number of fused-ring (bicyclic) bond motifs is 8. The van der Waals surface area contributed by atoms with E-state index in [2.05, 4.69) is 168 Å². The lowest BCUT2D eigenvalue weighted by Gasteiger charge is -2.45. The third kappa shape index (κ3) is 5.86. The summed E-state index contributed by atoms with van der Waals surface area (Å²) >= 11 is 0. The van der Waals surface area contributed by atoms with Crippen LogP contribution in [0, 0.1) is 17.8 Å². The molecule has 6 aromatic rings. The molecule has 0 radical (unpaired) electrons.